The van der Waals surface area contributed by atoms with Gasteiger partial charge >= 0.3 is 11.9 Å². The number of nitriles is 1. The summed E-state index contributed by atoms with van der Waals surface area (Å²) in [6.45, 7) is 1.25. The Morgan fingerprint density at radius 2 is 1.67 bits per heavy atom. The predicted octanol–water partition coefficient (Wildman–Crippen LogP) is 4.03. The molecule has 10 heteroatoms. The fourth-order valence-electron chi connectivity index (χ4n) is 4.18. The topological polar surface area (TPSA) is 150 Å². The van der Waals surface area contributed by atoms with Crippen molar-refractivity contribution in [2.24, 2.45) is 0 Å². The lowest BCUT2D eigenvalue weighted by Gasteiger charge is -2.17. The average Bonchev–Trinajstić information content (AvgIpc) is 3.42. The van der Waals surface area contributed by atoms with E-state index in [1.807, 2.05) is 30.3 Å². The third kappa shape index (κ3) is 4.78. The van der Waals surface area contributed by atoms with E-state index in [-0.39, 0.29) is 5.57 Å². The molecule has 4 aromatic rings. The zero-order chi connectivity index (χ0) is 26.0. The molecule has 0 bridgehead atoms. The normalized spacial score (nSPS) is 11.5. The van der Waals surface area contributed by atoms with Gasteiger partial charge in [0.2, 0.25) is 0 Å². The Labute approximate surface area is 209 Å². The first-order chi connectivity index (χ1) is 17.2. The van der Waals surface area contributed by atoms with Gasteiger partial charge in [-0.1, -0.05) is 6.07 Å². The van der Waals surface area contributed by atoms with Crippen LogP contribution in [-0.2, 0) is 20.9 Å². The number of anilines is 1. The number of nitrogens with two attached hydrogens (primary N) is 1. The minimum absolute atomic E-state index is 0.345. The molecule has 1 amide bonds. The summed E-state index contributed by atoms with van der Waals surface area (Å²) in [5, 5.41) is 29.6. The van der Waals surface area contributed by atoms with Crippen molar-refractivity contribution in [1.29, 1.82) is 5.26 Å². The van der Waals surface area contributed by atoms with Crippen LogP contribution < -0.4 is 5.73 Å². The Bertz CT molecular complexity index is 1580. The summed E-state index contributed by atoms with van der Waals surface area (Å²) in [6, 6.07) is 17.4. The predicted molar refractivity (Wildman–Crippen MR) is 138 cm³/mol. The number of aromatic nitrogens is 1. The molecule has 36 heavy (non-hydrogen) atoms. The number of hydrogen-bond acceptors (Lipinski definition) is 6. The Hall–Kier alpha value is -4.62. The Balaban J connectivity index is 1.70. The molecule has 0 aliphatic heterocycles. The summed E-state index contributed by atoms with van der Waals surface area (Å²) >= 11 is 1.35. The number of rotatable bonds is 8. The second-order valence-electron chi connectivity index (χ2n) is 8.07. The number of fused-ring (bicyclic) bond motifs is 3. The molecule has 4 N–H and O–H groups in total. The summed E-state index contributed by atoms with van der Waals surface area (Å²) in [6.07, 6.45) is 1.34. The smallest absolute Gasteiger partial charge is 0.323 e. The second kappa shape index (κ2) is 9.93. The zero-order valence-electron chi connectivity index (χ0n) is 19.3. The van der Waals surface area contributed by atoms with E-state index in [0.29, 0.717) is 15.5 Å². The summed E-state index contributed by atoms with van der Waals surface area (Å²) in [7, 11) is 0. The zero-order valence-corrected chi connectivity index (χ0v) is 20.1. The molecule has 0 radical (unpaired) electrons. The quantitative estimate of drug-likeness (QED) is 0.187. The number of aliphatic carboxylic acids is 2. The number of aryl methyl sites for hydroxylation is 1. The third-order valence-electron chi connectivity index (χ3n) is 5.69. The van der Waals surface area contributed by atoms with E-state index in [2.05, 4.69) is 23.6 Å². The van der Waals surface area contributed by atoms with Crippen LogP contribution in [0.3, 0.4) is 0 Å². The van der Waals surface area contributed by atoms with Crippen LogP contribution in [0.4, 0.5) is 5.69 Å². The molecule has 0 aliphatic carbocycles. The van der Waals surface area contributed by atoms with Gasteiger partial charge in [-0.25, -0.2) is 0 Å². The van der Waals surface area contributed by atoms with Gasteiger partial charge in [-0.05, 0) is 61.0 Å². The van der Waals surface area contributed by atoms with Gasteiger partial charge in [0.25, 0.3) is 5.91 Å². The van der Waals surface area contributed by atoms with Crippen molar-refractivity contribution in [3.8, 4) is 16.5 Å². The molecule has 0 unspecified atom stereocenters. The minimum atomic E-state index is -1.37. The van der Waals surface area contributed by atoms with E-state index in [4.69, 9.17) is 15.9 Å². The van der Waals surface area contributed by atoms with Gasteiger partial charge < -0.3 is 25.4 Å². The van der Waals surface area contributed by atoms with Crippen LogP contribution in [0.5, 0.6) is 0 Å². The highest BCUT2D eigenvalue weighted by Gasteiger charge is 2.23. The average molecular weight is 503 g/mol. The number of amides is 1. The second-order valence-corrected chi connectivity index (χ2v) is 9.19. The monoisotopic (exact) mass is 502 g/mol. The number of carbonyl (C=O) groups excluding carboxylic acids is 1. The van der Waals surface area contributed by atoms with E-state index in [0.717, 1.165) is 38.8 Å². The number of carbonyl (C=O) groups is 3. The number of thiophene rings is 1. The lowest BCUT2D eigenvalue weighted by Crippen LogP contribution is -2.39. The molecule has 4 rings (SSSR count). The third-order valence-corrected chi connectivity index (χ3v) is 6.77. The molecule has 0 saturated heterocycles. The molecule has 0 spiro atoms. The van der Waals surface area contributed by atoms with Gasteiger partial charge in [-0.2, -0.15) is 5.26 Å². The number of carboxylic acid groups (broad SMARTS) is 2. The molecule has 0 saturated carbocycles. The summed E-state index contributed by atoms with van der Waals surface area (Å²) < 4.78 is 2.22. The molecule has 2 heterocycles. The van der Waals surface area contributed by atoms with Gasteiger partial charge in [-0.3, -0.25) is 14.4 Å². The number of nitrogen functional groups attached to an aromatic ring is 1. The highest BCUT2D eigenvalue weighted by Crippen LogP contribution is 2.36. The minimum Gasteiger partial charge on any atom is -0.480 e. The van der Waals surface area contributed by atoms with Crippen LogP contribution in [0.1, 0.15) is 11.8 Å². The highest BCUT2D eigenvalue weighted by atomic mass is 32.1. The van der Waals surface area contributed by atoms with Gasteiger partial charge in [0.05, 0.1) is 0 Å². The maximum atomic E-state index is 12.7. The molecule has 0 fully saturated rings. The van der Waals surface area contributed by atoms with Crippen LogP contribution in [0.25, 0.3) is 38.3 Å². The van der Waals surface area contributed by atoms with Gasteiger partial charge in [0.15, 0.2) is 0 Å². The van der Waals surface area contributed by atoms with Crippen molar-refractivity contribution >= 4 is 62.8 Å². The van der Waals surface area contributed by atoms with E-state index >= 15 is 0 Å². The maximum absolute atomic E-state index is 12.7. The van der Waals surface area contributed by atoms with Crippen molar-refractivity contribution in [1.82, 2.24) is 9.47 Å². The first kappa shape index (κ1) is 24.5. The summed E-state index contributed by atoms with van der Waals surface area (Å²) in [5.41, 5.74) is 9.51. The molecular weight excluding hydrogens is 480 g/mol. The first-order valence-corrected chi connectivity index (χ1v) is 11.8. The largest absolute Gasteiger partial charge is 0.480 e. The lowest BCUT2D eigenvalue weighted by molar-refractivity contribution is -0.147. The van der Waals surface area contributed by atoms with Crippen LogP contribution >= 0.6 is 11.3 Å². The Morgan fingerprint density at radius 3 is 2.28 bits per heavy atom. The highest BCUT2D eigenvalue weighted by molar-refractivity contribution is 7.16. The molecular formula is C26H22N4O5S. The van der Waals surface area contributed by atoms with Gasteiger partial charge in [0, 0.05) is 43.8 Å². The molecule has 2 aromatic heterocycles. The Kier molecular flexibility index (Phi) is 6.76. The number of carboxylic acids is 2. The van der Waals surface area contributed by atoms with Crippen LogP contribution in [0.15, 0.2) is 54.1 Å². The van der Waals surface area contributed by atoms with E-state index in [1.165, 1.54) is 17.4 Å². The molecule has 0 atom stereocenters. The van der Waals surface area contributed by atoms with Crippen molar-refractivity contribution < 1.29 is 24.6 Å². The van der Waals surface area contributed by atoms with Crippen molar-refractivity contribution in [2.75, 3.05) is 18.8 Å². The fourth-order valence-corrected chi connectivity index (χ4v) is 5.13. The molecule has 0 aliphatic rings. The van der Waals surface area contributed by atoms with E-state index < -0.39 is 30.9 Å². The van der Waals surface area contributed by atoms with Crippen LogP contribution in [0.2, 0.25) is 0 Å². The van der Waals surface area contributed by atoms with Crippen molar-refractivity contribution in [3.63, 3.8) is 0 Å². The van der Waals surface area contributed by atoms with Crippen molar-refractivity contribution in [2.45, 2.75) is 13.5 Å². The Morgan fingerprint density at radius 1 is 1.03 bits per heavy atom. The number of benzene rings is 2. The van der Waals surface area contributed by atoms with E-state index in [9.17, 15) is 19.6 Å². The SMILES string of the molecule is CCn1c2ccc(N)cc2c2cc(-c3ccc(/C=C(\C#N)C(=O)N(CC(=O)O)CC(=O)O)s3)ccc21. The van der Waals surface area contributed by atoms with Crippen LogP contribution in [-0.4, -0.2) is 50.6 Å². The van der Waals surface area contributed by atoms with Crippen LogP contribution in [0, 0.1) is 11.3 Å². The van der Waals surface area contributed by atoms with E-state index in [1.54, 1.807) is 12.1 Å². The standard InChI is InChI=1S/C26H22N4O5S/c1-2-30-21-6-3-15(10-19(21)20-11-17(28)4-7-22(20)30)23-8-5-18(36-23)9-16(12-27)26(35)29(13-24(31)32)14-25(33)34/h3-11H,2,13-14,28H2,1H3,(H,31,32)(H,33,34)/b16-9+. The summed E-state index contributed by atoms with van der Waals surface area (Å²) in [5.74, 6) is -3.70. The molecule has 182 valence electrons. The fraction of sp³-hybridized carbons (Fsp3) is 0.154. The maximum Gasteiger partial charge on any atom is 0.323 e. The number of nitrogens with zero attached hydrogens (tertiary/aromatic N) is 3. The van der Waals surface area contributed by atoms with Crippen molar-refractivity contribution in [3.05, 3.63) is 59.0 Å². The lowest BCUT2D eigenvalue weighted by atomic mass is 10.1. The number of hydrogen-bond donors (Lipinski definition) is 3. The first-order valence-electron chi connectivity index (χ1n) is 11.0. The van der Waals surface area contributed by atoms with Gasteiger partial charge in [-0.15, -0.1) is 11.3 Å². The summed E-state index contributed by atoms with van der Waals surface area (Å²) in [4.78, 5) is 36.9. The molecule has 9 nitrogen and oxygen atoms in total. The molecule has 2 aromatic carbocycles. The van der Waals surface area contributed by atoms with Gasteiger partial charge in [0.1, 0.15) is 24.7 Å².